The van der Waals surface area contributed by atoms with Crippen molar-refractivity contribution in [1.29, 1.82) is 0 Å². The summed E-state index contributed by atoms with van der Waals surface area (Å²) in [5.74, 6) is -1.31. The van der Waals surface area contributed by atoms with E-state index in [1.54, 1.807) is 24.3 Å². The van der Waals surface area contributed by atoms with Crippen LogP contribution in [-0.2, 0) is 15.6 Å². The van der Waals surface area contributed by atoms with Crippen LogP contribution in [0, 0.1) is 0 Å². The topological polar surface area (TPSA) is 71.4 Å². The highest BCUT2D eigenvalue weighted by Crippen LogP contribution is 2.19. The Balaban J connectivity index is 2.33. The summed E-state index contributed by atoms with van der Waals surface area (Å²) in [4.78, 5) is 10.9. The largest absolute Gasteiger partial charge is 0.478 e. The van der Waals surface area contributed by atoms with Gasteiger partial charge >= 0.3 is 5.97 Å². The first-order valence-corrected chi connectivity index (χ1v) is 8.13. The SMILES string of the molecule is O=C(O)c1cccc(S(=O)(=O)Cc2ccc(Br)cc2)c1. The molecule has 0 aliphatic rings. The van der Waals surface area contributed by atoms with E-state index < -0.39 is 15.8 Å². The molecule has 1 N–H and O–H groups in total. The van der Waals surface area contributed by atoms with Crippen molar-refractivity contribution >= 4 is 31.7 Å². The van der Waals surface area contributed by atoms with Crippen molar-refractivity contribution in [1.82, 2.24) is 0 Å². The maximum Gasteiger partial charge on any atom is 0.335 e. The van der Waals surface area contributed by atoms with Crippen LogP contribution in [-0.4, -0.2) is 19.5 Å². The van der Waals surface area contributed by atoms with Crippen LogP contribution in [0.15, 0.2) is 57.9 Å². The third kappa shape index (κ3) is 3.46. The van der Waals surface area contributed by atoms with Crippen LogP contribution < -0.4 is 0 Å². The van der Waals surface area contributed by atoms with E-state index in [1.165, 1.54) is 24.3 Å². The van der Waals surface area contributed by atoms with Gasteiger partial charge in [0, 0.05) is 4.47 Å². The van der Waals surface area contributed by atoms with E-state index in [1.807, 2.05) is 0 Å². The molecule has 0 bridgehead atoms. The highest BCUT2D eigenvalue weighted by atomic mass is 79.9. The second-order valence-corrected chi connectivity index (χ2v) is 7.12. The first-order valence-electron chi connectivity index (χ1n) is 5.69. The Hall–Kier alpha value is -1.66. The fraction of sp³-hybridized carbons (Fsp3) is 0.0714. The third-order valence-electron chi connectivity index (χ3n) is 2.71. The average Bonchev–Trinajstić information content (AvgIpc) is 2.41. The summed E-state index contributed by atoms with van der Waals surface area (Å²) in [5, 5.41) is 8.90. The van der Waals surface area contributed by atoms with Gasteiger partial charge in [-0.1, -0.05) is 34.1 Å². The van der Waals surface area contributed by atoms with Crippen LogP contribution >= 0.6 is 15.9 Å². The maximum atomic E-state index is 12.3. The maximum absolute atomic E-state index is 12.3. The number of carboxylic acid groups (broad SMARTS) is 1. The Morgan fingerprint density at radius 1 is 1.10 bits per heavy atom. The van der Waals surface area contributed by atoms with E-state index in [0.717, 1.165) is 4.47 Å². The van der Waals surface area contributed by atoms with E-state index in [0.29, 0.717) is 5.56 Å². The Kier molecular flexibility index (Phi) is 4.25. The first kappa shape index (κ1) is 14.7. The van der Waals surface area contributed by atoms with E-state index in [9.17, 15) is 13.2 Å². The normalized spacial score (nSPS) is 11.2. The lowest BCUT2D eigenvalue weighted by molar-refractivity contribution is 0.0696. The molecule has 0 atom stereocenters. The number of carbonyl (C=O) groups is 1. The van der Waals surface area contributed by atoms with Crippen LogP contribution in [0.2, 0.25) is 0 Å². The third-order valence-corrected chi connectivity index (χ3v) is 4.92. The number of benzene rings is 2. The summed E-state index contributed by atoms with van der Waals surface area (Å²) >= 11 is 3.28. The lowest BCUT2D eigenvalue weighted by Gasteiger charge is -2.06. The number of carboxylic acids is 1. The molecule has 0 unspecified atom stereocenters. The molecular formula is C14H11BrO4S. The van der Waals surface area contributed by atoms with Crippen LogP contribution in [0.5, 0.6) is 0 Å². The molecule has 0 radical (unpaired) electrons. The zero-order valence-electron chi connectivity index (χ0n) is 10.3. The minimum absolute atomic E-state index is 0.0142. The Labute approximate surface area is 125 Å². The summed E-state index contributed by atoms with van der Waals surface area (Å²) in [6.45, 7) is 0. The standard InChI is InChI=1S/C14H11BrO4S/c15-12-6-4-10(5-7-12)9-20(18,19)13-3-1-2-11(8-13)14(16)17/h1-8H,9H2,(H,16,17). The van der Waals surface area contributed by atoms with Gasteiger partial charge in [0.2, 0.25) is 0 Å². The van der Waals surface area contributed by atoms with E-state index in [4.69, 9.17) is 5.11 Å². The van der Waals surface area contributed by atoms with Crippen molar-refractivity contribution < 1.29 is 18.3 Å². The van der Waals surface area contributed by atoms with Crippen molar-refractivity contribution in [2.24, 2.45) is 0 Å². The monoisotopic (exact) mass is 354 g/mol. The van der Waals surface area contributed by atoms with E-state index >= 15 is 0 Å². The van der Waals surface area contributed by atoms with Crippen molar-refractivity contribution in [3.63, 3.8) is 0 Å². The number of aromatic carboxylic acids is 1. The van der Waals surface area contributed by atoms with Gasteiger partial charge in [-0.05, 0) is 35.9 Å². The molecule has 0 spiro atoms. The molecule has 0 aromatic heterocycles. The molecule has 0 fully saturated rings. The lowest BCUT2D eigenvalue weighted by atomic mass is 10.2. The quantitative estimate of drug-likeness (QED) is 0.915. The number of halogens is 1. The number of sulfone groups is 1. The summed E-state index contributed by atoms with van der Waals surface area (Å²) in [7, 11) is -3.56. The smallest absolute Gasteiger partial charge is 0.335 e. The van der Waals surface area contributed by atoms with E-state index in [2.05, 4.69) is 15.9 Å². The fourth-order valence-corrected chi connectivity index (χ4v) is 3.36. The van der Waals surface area contributed by atoms with Gasteiger partial charge < -0.3 is 5.11 Å². The van der Waals surface area contributed by atoms with Gasteiger partial charge in [-0.25, -0.2) is 13.2 Å². The molecule has 0 aliphatic carbocycles. The average molecular weight is 355 g/mol. The Bertz CT molecular complexity index is 736. The van der Waals surface area contributed by atoms with Crippen molar-refractivity contribution in [3.05, 3.63) is 64.1 Å². The summed E-state index contributed by atoms with van der Waals surface area (Å²) in [5.41, 5.74) is 0.607. The number of hydrogen-bond acceptors (Lipinski definition) is 3. The van der Waals surface area contributed by atoms with Crippen molar-refractivity contribution in [3.8, 4) is 0 Å². The van der Waals surface area contributed by atoms with Gasteiger partial charge in [0.25, 0.3) is 0 Å². The lowest BCUT2D eigenvalue weighted by Crippen LogP contribution is -2.06. The molecular weight excluding hydrogens is 344 g/mol. The predicted molar refractivity (Wildman–Crippen MR) is 78.4 cm³/mol. The molecule has 2 rings (SSSR count). The summed E-state index contributed by atoms with van der Waals surface area (Å²) in [6, 6.07) is 12.3. The molecule has 0 saturated carbocycles. The molecule has 0 amide bonds. The van der Waals surface area contributed by atoms with Crippen LogP contribution in [0.4, 0.5) is 0 Å². The molecule has 20 heavy (non-hydrogen) atoms. The van der Waals surface area contributed by atoms with Crippen LogP contribution in [0.3, 0.4) is 0 Å². The fourth-order valence-electron chi connectivity index (χ4n) is 1.71. The summed E-state index contributed by atoms with van der Waals surface area (Å²) in [6.07, 6.45) is 0. The minimum Gasteiger partial charge on any atom is -0.478 e. The molecule has 0 aliphatic heterocycles. The predicted octanol–water partition coefficient (Wildman–Crippen LogP) is 3.12. The molecule has 0 heterocycles. The van der Waals surface area contributed by atoms with Crippen molar-refractivity contribution in [2.75, 3.05) is 0 Å². The number of rotatable bonds is 4. The summed E-state index contributed by atoms with van der Waals surface area (Å²) < 4.78 is 25.4. The Morgan fingerprint density at radius 2 is 1.75 bits per heavy atom. The van der Waals surface area contributed by atoms with Gasteiger partial charge in [0.1, 0.15) is 0 Å². The van der Waals surface area contributed by atoms with Gasteiger partial charge in [-0.3, -0.25) is 0 Å². The van der Waals surface area contributed by atoms with Gasteiger partial charge in [0.15, 0.2) is 9.84 Å². The molecule has 104 valence electrons. The van der Waals surface area contributed by atoms with Crippen LogP contribution in [0.1, 0.15) is 15.9 Å². The molecule has 0 saturated heterocycles. The van der Waals surface area contributed by atoms with Gasteiger partial charge in [-0.2, -0.15) is 0 Å². The second-order valence-electron chi connectivity index (χ2n) is 4.22. The molecule has 2 aromatic rings. The highest BCUT2D eigenvalue weighted by Gasteiger charge is 2.17. The number of hydrogen-bond donors (Lipinski definition) is 1. The molecule has 6 heteroatoms. The zero-order chi connectivity index (χ0) is 14.8. The van der Waals surface area contributed by atoms with Crippen LogP contribution in [0.25, 0.3) is 0 Å². The highest BCUT2D eigenvalue weighted by molar-refractivity contribution is 9.10. The molecule has 4 nitrogen and oxygen atoms in total. The Morgan fingerprint density at radius 3 is 2.35 bits per heavy atom. The second kappa shape index (κ2) is 5.76. The first-order chi connectivity index (χ1) is 9.38. The van der Waals surface area contributed by atoms with E-state index in [-0.39, 0.29) is 16.2 Å². The molecule has 2 aromatic carbocycles. The van der Waals surface area contributed by atoms with Gasteiger partial charge in [-0.15, -0.1) is 0 Å². The zero-order valence-corrected chi connectivity index (χ0v) is 12.7. The van der Waals surface area contributed by atoms with Crippen molar-refractivity contribution in [2.45, 2.75) is 10.6 Å². The minimum atomic E-state index is -3.56. The van der Waals surface area contributed by atoms with Gasteiger partial charge in [0.05, 0.1) is 16.2 Å².